The van der Waals surface area contributed by atoms with Crippen molar-refractivity contribution < 1.29 is 14.0 Å². The molecule has 0 aliphatic heterocycles. The zero-order chi connectivity index (χ0) is 24.2. The van der Waals surface area contributed by atoms with Crippen LogP contribution in [0.2, 0.25) is 0 Å². The summed E-state index contributed by atoms with van der Waals surface area (Å²) in [6.45, 7) is 1.77. The summed E-state index contributed by atoms with van der Waals surface area (Å²) in [4.78, 5) is 31.5. The molecular weight excluding hydrogens is 464 g/mol. The minimum atomic E-state index is -0.651. The lowest BCUT2D eigenvalue weighted by molar-refractivity contribution is -0.145. The molecule has 3 heterocycles. The van der Waals surface area contributed by atoms with Crippen molar-refractivity contribution in [1.29, 1.82) is 0 Å². The number of aromatic nitrogens is 4. The van der Waals surface area contributed by atoms with E-state index in [1.165, 1.54) is 16.1 Å². The molecule has 2 amide bonds. The number of nitrogens with one attached hydrogen (secondary N) is 1. The SMILES string of the molecule is Cc1ccc(-c2nnn(CC(=O)N(C3CCCCC3)[C@@H](C(=O)NC3CCCC3)c3cccs3)n2)o1. The van der Waals surface area contributed by atoms with Crippen LogP contribution >= 0.6 is 11.3 Å². The van der Waals surface area contributed by atoms with Crippen LogP contribution in [0.3, 0.4) is 0 Å². The van der Waals surface area contributed by atoms with E-state index in [9.17, 15) is 9.59 Å². The van der Waals surface area contributed by atoms with Crippen LogP contribution in [0.25, 0.3) is 11.6 Å². The van der Waals surface area contributed by atoms with Crippen LogP contribution in [0.5, 0.6) is 0 Å². The van der Waals surface area contributed by atoms with E-state index in [1.807, 2.05) is 35.4 Å². The molecule has 1 atom stereocenters. The highest BCUT2D eigenvalue weighted by Crippen LogP contribution is 2.34. The van der Waals surface area contributed by atoms with Gasteiger partial charge < -0.3 is 14.6 Å². The number of hydrogen-bond acceptors (Lipinski definition) is 7. The first-order chi connectivity index (χ1) is 17.1. The normalized spacial score (nSPS) is 18.0. The van der Waals surface area contributed by atoms with E-state index in [0.29, 0.717) is 11.6 Å². The molecule has 1 N–H and O–H groups in total. The Bertz CT molecular complexity index is 1130. The van der Waals surface area contributed by atoms with Gasteiger partial charge in [-0.2, -0.15) is 4.80 Å². The van der Waals surface area contributed by atoms with Crippen LogP contribution in [0.15, 0.2) is 34.1 Å². The highest BCUT2D eigenvalue weighted by molar-refractivity contribution is 7.10. The molecule has 2 aliphatic rings. The smallest absolute Gasteiger partial charge is 0.248 e. The fourth-order valence-corrected chi connectivity index (χ4v) is 6.09. The summed E-state index contributed by atoms with van der Waals surface area (Å²) in [6.07, 6.45) is 9.32. The molecule has 0 unspecified atom stereocenters. The summed E-state index contributed by atoms with van der Waals surface area (Å²) >= 11 is 1.52. The molecule has 2 saturated carbocycles. The number of amides is 2. The zero-order valence-electron chi connectivity index (χ0n) is 20.1. The predicted molar refractivity (Wildman–Crippen MR) is 131 cm³/mol. The summed E-state index contributed by atoms with van der Waals surface area (Å²) < 4.78 is 5.59. The number of tetrazole rings is 1. The maximum Gasteiger partial charge on any atom is 0.248 e. The second-order valence-corrected chi connectivity index (χ2v) is 10.5. The Labute approximate surface area is 208 Å². The molecule has 9 nitrogen and oxygen atoms in total. The molecular formula is C25H32N6O3S. The fourth-order valence-electron chi connectivity index (χ4n) is 5.27. The van der Waals surface area contributed by atoms with Gasteiger partial charge in [-0.1, -0.05) is 38.2 Å². The van der Waals surface area contributed by atoms with Gasteiger partial charge in [-0.15, -0.1) is 21.5 Å². The zero-order valence-corrected chi connectivity index (χ0v) is 20.9. The van der Waals surface area contributed by atoms with Gasteiger partial charge in [0.25, 0.3) is 0 Å². The molecule has 2 fully saturated rings. The van der Waals surface area contributed by atoms with E-state index in [0.717, 1.165) is 68.4 Å². The Hall–Kier alpha value is -3.01. The van der Waals surface area contributed by atoms with Crippen LogP contribution in [0.1, 0.15) is 74.5 Å². The number of carbonyl (C=O) groups excluding carboxylic acids is 2. The van der Waals surface area contributed by atoms with E-state index < -0.39 is 6.04 Å². The summed E-state index contributed by atoms with van der Waals surface area (Å²) in [6, 6.07) is 7.06. The van der Waals surface area contributed by atoms with Crippen LogP contribution in [0.4, 0.5) is 0 Å². The largest absolute Gasteiger partial charge is 0.458 e. The topological polar surface area (TPSA) is 106 Å². The van der Waals surface area contributed by atoms with Crippen molar-refractivity contribution in [1.82, 2.24) is 30.4 Å². The summed E-state index contributed by atoms with van der Waals surface area (Å²) in [5.74, 6) is 1.35. The standard InChI is InChI=1S/C25H32N6O3S/c1-17-13-14-20(34-17)24-27-29-30(28-24)16-22(32)31(19-10-3-2-4-11-19)23(21-12-7-15-35-21)25(33)26-18-8-5-6-9-18/h7,12-15,18-19,23H,2-6,8-11,16H2,1H3,(H,26,33)/t23-/m1/s1. The van der Waals surface area contributed by atoms with Crippen LogP contribution in [0, 0.1) is 6.92 Å². The highest BCUT2D eigenvalue weighted by atomic mass is 32.1. The number of aryl methyl sites for hydroxylation is 1. The van der Waals surface area contributed by atoms with Gasteiger partial charge in [0, 0.05) is 17.0 Å². The van der Waals surface area contributed by atoms with Gasteiger partial charge in [0.1, 0.15) is 18.3 Å². The van der Waals surface area contributed by atoms with Crippen molar-refractivity contribution in [3.05, 3.63) is 40.3 Å². The molecule has 0 saturated heterocycles. The van der Waals surface area contributed by atoms with E-state index in [1.54, 1.807) is 6.07 Å². The van der Waals surface area contributed by atoms with Gasteiger partial charge in [0.15, 0.2) is 5.76 Å². The summed E-state index contributed by atoms with van der Waals surface area (Å²) in [5.41, 5.74) is 0. The third kappa shape index (κ3) is 5.47. The number of rotatable bonds is 8. The third-order valence-electron chi connectivity index (χ3n) is 6.99. The Morgan fingerprint density at radius 2 is 1.91 bits per heavy atom. The number of thiophene rings is 1. The number of nitrogens with zero attached hydrogens (tertiary/aromatic N) is 5. The molecule has 0 aromatic carbocycles. The van der Waals surface area contributed by atoms with Crippen molar-refractivity contribution in [2.45, 2.75) is 89.4 Å². The molecule has 186 valence electrons. The van der Waals surface area contributed by atoms with E-state index in [-0.39, 0.29) is 30.4 Å². The Morgan fingerprint density at radius 1 is 1.14 bits per heavy atom. The second kappa shape index (κ2) is 10.7. The third-order valence-corrected chi connectivity index (χ3v) is 7.91. The second-order valence-electron chi connectivity index (χ2n) is 9.55. The molecule has 5 rings (SSSR count). The molecule has 3 aromatic heterocycles. The maximum atomic E-state index is 13.8. The van der Waals surface area contributed by atoms with Crippen LogP contribution in [-0.2, 0) is 16.1 Å². The van der Waals surface area contributed by atoms with Gasteiger partial charge >= 0.3 is 0 Å². The van der Waals surface area contributed by atoms with E-state index in [2.05, 4.69) is 20.7 Å². The van der Waals surface area contributed by atoms with Crippen LogP contribution < -0.4 is 5.32 Å². The average Bonchev–Trinajstić information content (AvgIpc) is 3.66. The molecule has 0 spiro atoms. The lowest BCUT2D eigenvalue weighted by Gasteiger charge is -2.39. The van der Waals surface area contributed by atoms with E-state index in [4.69, 9.17) is 4.42 Å². The van der Waals surface area contributed by atoms with Crippen molar-refractivity contribution in [3.8, 4) is 11.6 Å². The van der Waals surface area contributed by atoms with Gasteiger partial charge in [-0.25, -0.2) is 0 Å². The number of carbonyl (C=O) groups is 2. The first kappa shape index (κ1) is 23.7. The monoisotopic (exact) mass is 496 g/mol. The van der Waals surface area contributed by atoms with Gasteiger partial charge in [-0.05, 0) is 61.4 Å². The minimum absolute atomic E-state index is 0.00777. The van der Waals surface area contributed by atoms with Gasteiger partial charge in [-0.3, -0.25) is 9.59 Å². The molecule has 2 aliphatic carbocycles. The van der Waals surface area contributed by atoms with E-state index >= 15 is 0 Å². The fraction of sp³-hybridized carbons (Fsp3) is 0.560. The Morgan fingerprint density at radius 3 is 2.60 bits per heavy atom. The number of furan rings is 1. The first-order valence-electron chi connectivity index (χ1n) is 12.6. The molecule has 3 aromatic rings. The lowest BCUT2D eigenvalue weighted by Crippen LogP contribution is -2.51. The van der Waals surface area contributed by atoms with Crippen molar-refractivity contribution in [2.24, 2.45) is 0 Å². The Balaban J connectivity index is 1.41. The summed E-state index contributed by atoms with van der Waals surface area (Å²) in [7, 11) is 0. The molecule has 0 bridgehead atoms. The molecule has 35 heavy (non-hydrogen) atoms. The van der Waals surface area contributed by atoms with Crippen molar-refractivity contribution >= 4 is 23.2 Å². The first-order valence-corrected chi connectivity index (χ1v) is 13.5. The predicted octanol–water partition coefficient (Wildman–Crippen LogP) is 4.26. The van der Waals surface area contributed by atoms with Crippen molar-refractivity contribution in [3.63, 3.8) is 0 Å². The highest BCUT2D eigenvalue weighted by Gasteiger charge is 2.38. The average molecular weight is 497 g/mol. The van der Waals surface area contributed by atoms with Gasteiger partial charge in [0.05, 0.1) is 0 Å². The van der Waals surface area contributed by atoms with Gasteiger partial charge in [0.2, 0.25) is 17.6 Å². The van der Waals surface area contributed by atoms with Crippen LogP contribution in [-0.4, -0.2) is 49.0 Å². The molecule has 0 radical (unpaired) electrons. The Kier molecular flexibility index (Phi) is 7.26. The minimum Gasteiger partial charge on any atom is -0.458 e. The maximum absolute atomic E-state index is 13.8. The quantitative estimate of drug-likeness (QED) is 0.499. The number of hydrogen-bond donors (Lipinski definition) is 1. The summed E-state index contributed by atoms with van der Waals surface area (Å²) in [5, 5.41) is 17.7. The molecule has 10 heteroatoms. The lowest BCUT2D eigenvalue weighted by atomic mass is 9.92. The van der Waals surface area contributed by atoms with Crippen molar-refractivity contribution in [2.75, 3.05) is 0 Å².